The van der Waals surface area contributed by atoms with Crippen molar-refractivity contribution in [1.82, 2.24) is 14.5 Å². The summed E-state index contributed by atoms with van der Waals surface area (Å²) in [5.41, 5.74) is 0. The lowest BCUT2D eigenvalue weighted by Crippen LogP contribution is -2.42. The van der Waals surface area contributed by atoms with Gasteiger partial charge in [-0.2, -0.15) is 4.31 Å². The highest BCUT2D eigenvalue weighted by Crippen LogP contribution is 2.18. The molecule has 1 aliphatic rings. The zero-order valence-corrected chi connectivity index (χ0v) is 17.6. The minimum absolute atomic E-state index is 0.0252. The standard InChI is InChI=1S/C19H22FN3O4S2/c1-14-3-8-17(28-14)19(25)21-13-18(24)22-9-2-10-23(12-11-22)29(26,27)16-6-4-15(20)5-7-16/h3-8H,2,9-13H2,1H3,(H,21,25). The molecule has 1 N–H and O–H groups in total. The van der Waals surface area contributed by atoms with E-state index in [1.807, 2.05) is 13.0 Å². The first-order valence-electron chi connectivity index (χ1n) is 9.15. The Bertz CT molecular complexity index is 989. The van der Waals surface area contributed by atoms with Gasteiger partial charge >= 0.3 is 0 Å². The Morgan fingerprint density at radius 1 is 1.07 bits per heavy atom. The van der Waals surface area contributed by atoms with Gasteiger partial charge in [-0.3, -0.25) is 9.59 Å². The third-order valence-electron chi connectivity index (χ3n) is 4.62. The summed E-state index contributed by atoms with van der Waals surface area (Å²) < 4.78 is 39.9. The summed E-state index contributed by atoms with van der Waals surface area (Å²) in [6.07, 6.45) is 0.476. The predicted molar refractivity (Wildman–Crippen MR) is 108 cm³/mol. The molecule has 1 aromatic carbocycles. The van der Waals surface area contributed by atoms with Crippen LogP contribution in [0.3, 0.4) is 0 Å². The number of aryl methyl sites for hydroxylation is 1. The summed E-state index contributed by atoms with van der Waals surface area (Å²) in [7, 11) is -3.75. The van der Waals surface area contributed by atoms with Gasteiger partial charge in [0.25, 0.3) is 5.91 Å². The number of carbonyl (C=O) groups is 2. The van der Waals surface area contributed by atoms with Gasteiger partial charge in [-0.05, 0) is 49.7 Å². The van der Waals surface area contributed by atoms with E-state index >= 15 is 0 Å². The zero-order valence-electron chi connectivity index (χ0n) is 15.9. The topological polar surface area (TPSA) is 86.8 Å². The maximum atomic E-state index is 13.1. The molecule has 0 spiro atoms. The third kappa shape index (κ3) is 5.20. The molecule has 0 atom stereocenters. The number of hydrogen-bond donors (Lipinski definition) is 1. The number of nitrogens with one attached hydrogen (secondary N) is 1. The van der Waals surface area contributed by atoms with E-state index in [9.17, 15) is 22.4 Å². The van der Waals surface area contributed by atoms with Crippen molar-refractivity contribution in [3.8, 4) is 0 Å². The second-order valence-corrected chi connectivity index (χ2v) is 9.91. The number of hydrogen-bond acceptors (Lipinski definition) is 5. The summed E-state index contributed by atoms with van der Waals surface area (Å²) in [6, 6.07) is 8.24. The summed E-state index contributed by atoms with van der Waals surface area (Å²) >= 11 is 1.35. The lowest BCUT2D eigenvalue weighted by molar-refractivity contribution is -0.129. The van der Waals surface area contributed by atoms with Crippen molar-refractivity contribution in [2.75, 3.05) is 32.7 Å². The van der Waals surface area contributed by atoms with Crippen LogP contribution in [0.5, 0.6) is 0 Å². The number of halogens is 1. The highest BCUT2D eigenvalue weighted by Gasteiger charge is 2.28. The molecule has 3 rings (SSSR count). The van der Waals surface area contributed by atoms with Gasteiger partial charge in [-0.15, -0.1) is 11.3 Å². The number of benzene rings is 1. The van der Waals surface area contributed by atoms with Crippen molar-refractivity contribution in [2.24, 2.45) is 0 Å². The Kier molecular flexibility index (Phi) is 6.66. The smallest absolute Gasteiger partial charge is 0.261 e. The molecule has 1 aromatic heterocycles. The third-order valence-corrected chi connectivity index (χ3v) is 7.54. The van der Waals surface area contributed by atoms with Crippen molar-refractivity contribution < 1.29 is 22.4 Å². The quantitative estimate of drug-likeness (QED) is 0.770. The Morgan fingerprint density at radius 2 is 1.79 bits per heavy atom. The van der Waals surface area contributed by atoms with E-state index in [0.29, 0.717) is 17.8 Å². The van der Waals surface area contributed by atoms with Gasteiger partial charge in [0.15, 0.2) is 0 Å². The molecule has 2 aromatic rings. The highest BCUT2D eigenvalue weighted by molar-refractivity contribution is 7.89. The largest absolute Gasteiger partial charge is 0.342 e. The van der Waals surface area contributed by atoms with Crippen molar-refractivity contribution in [3.05, 3.63) is 52.0 Å². The van der Waals surface area contributed by atoms with E-state index in [0.717, 1.165) is 17.0 Å². The number of thiophene rings is 1. The van der Waals surface area contributed by atoms with Crippen LogP contribution in [0.15, 0.2) is 41.3 Å². The van der Waals surface area contributed by atoms with Crippen LogP contribution in [0.2, 0.25) is 0 Å². The molecule has 0 radical (unpaired) electrons. The first kappa shape index (κ1) is 21.4. The predicted octanol–water partition coefficient (Wildman–Crippen LogP) is 1.85. The van der Waals surface area contributed by atoms with E-state index < -0.39 is 15.8 Å². The molecule has 7 nitrogen and oxygen atoms in total. The molecule has 2 heterocycles. The summed E-state index contributed by atoms with van der Waals surface area (Å²) in [5, 5.41) is 2.62. The van der Waals surface area contributed by atoms with Crippen molar-refractivity contribution in [2.45, 2.75) is 18.2 Å². The van der Waals surface area contributed by atoms with Gasteiger partial charge in [0, 0.05) is 31.1 Å². The molecule has 29 heavy (non-hydrogen) atoms. The van der Waals surface area contributed by atoms with Gasteiger partial charge in [-0.25, -0.2) is 12.8 Å². The molecule has 1 fully saturated rings. The maximum absolute atomic E-state index is 13.1. The van der Waals surface area contributed by atoms with Gasteiger partial charge in [-0.1, -0.05) is 0 Å². The highest BCUT2D eigenvalue weighted by atomic mass is 32.2. The maximum Gasteiger partial charge on any atom is 0.261 e. The minimum Gasteiger partial charge on any atom is -0.342 e. The van der Waals surface area contributed by atoms with Crippen LogP contribution in [-0.4, -0.2) is 62.2 Å². The average molecular weight is 440 g/mol. The number of rotatable bonds is 5. The number of nitrogens with zero attached hydrogens (tertiary/aromatic N) is 2. The van der Waals surface area contributed by atoms with E-state index in [-0.39, 0.29) is 42.9 Å². The molecule has 1 saturated heterocycles. The van der Waals surface area contributed by atoms with Crippen molar-refractivity contribution in [1.29, 1.82) is 0 Å². The fraction of sp³-hybridized carbons (Fsp3) is 0.368. The minimum atomic E-state index is -3.75. The van der Waals surface area contributed by atoms with Crippen LogP contribution in [0.4, 0.5) is 4.39 Å². The van der Waals surface area contributed by atoms with E-state index in [4.69, 9.17) is 0 Å². The van der Waals surface area contributed by atoms with Crippen LogP contribution >= 0.6 is 11.3 Å². The molecular formula is C19H22FN3O4S2. The van der Waals surface area contributed by atoms with Gasteiger partial charge in [0.2, 0.25) is 15.9 Å². The number of amides is 2. The fourth-order valence-corrected chi connectivity index (χ4v) is 5.30. The molecule has 156 valence electrons. The molecule has 2 amide bonds. The second-order valence-electron chi connectivity index (χ2n) is 6.69. The Balaban J connectivity index is 1.57. The van der Waals surface area contributed by atoms with E-state index in [1.54, 1.807) is 11.0 Å². The summed E-state index contributed by atoms with van der Waals surface area (Å²) in [4.78, 5) is 27.7. The van der Waals surface area contributed by atoms with Crippen molar-refractivity contribution >= 4 is 33.2 Å². The molecule has 1 aliphatic heterocycles. The van der Waals surface area contributed by atoms with Gasteiger partial charge in [0.1, 0.15) is 5.82 Å². The Hall–Kier alpha value is -2.30. The van der Waals surface area contributed by atoms with Crippen LogP contribution in [0.1, 0.15) is 21.0 Å². The van der Waals surface area contributed by atoms with Gasteiger partial charge in [0.05, 0.1) is 16.3 Å². The number of carbonyl (C=O) groups excluding carboxylic acids is 2. The molecule has 0 aliphatic carbocycles. The molecule has 0 bridgehead atoms. The lowest BCUT2D eigenvalue weighted by Gasteiger charge is -2.22. The average Bonchev–Trinajstić information content (AvgIpc) is 2.97. The fourth-order valence-electron chi connectivity index (χ4n) is 3.05. The van der Waals surface area contributed by atoms with Crippen LogP contribution in [0.25, 0.3) is 0 Å². The molecular weight excluding hydrogens is 417 g/mol. The van der Waals surface area contributed by atoms with Crippen LogP contribution in [-0.2, 0) is 14.8 Å². The first-order chi connectivity index (χ1) is 13.8. The van der Waals surface area contributed by atoms with E-state index in [2.05, 4.69) is 5.32 Å². The molecule has 0 saturated carbocycles. The zero-order chi connectivity index (χ0) is 21.0. The SMILES string of the molecule is Cc1ccc(C(=O)NCC(=O)N2CCCN(S(=O)(=O)c3ccc(F)cc3)CC2)s1. The Labute approximate surface area is 173 Å². The molecule has 10 heteroatoms. The summed E-state index contributed by atoms with van der Waals surface area (Å²) in [6.45, 7) is 2.80. The van der Waals surface area contributed by atoms with Gasteiger partial charge < -0.3 is 10.2 Å². The normalized spacial score (nSPS) is 15.7. The summed E-state index contributed by atoms with van der Waals surface area (Å²) in [5.74, 6) is -1.06. The molecule has 0 unspecified atom stereocenters. The lowest BCUT2D eigenvalue weighted by atomic mass is 10.3. The Morgan fingerprint density at radius 3 is 2.45 bits per heavy atom. The number of sulfonamides is 1. The monoisotopic (exact) mass is 439 g/mol. The van der Waals surface area contributed by atoms with E-state index in [1.165, 1.54) is 27.8 Å². The second kappa shape index (κ2) is 9.02. The first-order valence-corrected chi connectivity index (χ1v) is 11.4. The van der Waals surface area contributed by atoms with Crippen LogP contribution < -0.4 is 5.32 Å². The van der Waals surface area contributed by atoms with Crippen molar-refractivity contribution in [3.63, 3.8) is 0 Å². The van der Waals surface area contributed by atoms with Crippen LogP contribution in [0, 0.1) is 12.7 Å².